The molecule has 0 saturated heterocycles. The fourth-order valence-electron chi connectivity index (χ4n) is 2.96. The molecule has 1 aliphatic heterocycles. The highest BCUT2D eigenvalue weighted by Crippen LogP contribution is 2.41. The zero-order valence-electron chi connectivity index (χ0n) is 15.8. The number of ether oxygens (including phenoxy) is 2. The molecule has 0 saturated carbocycles. The van der Waals surface area contributed by atoms with Crippen molar-refractivity contribution in [3.8, 4) is 5.75 Å². The number of carbonyl (C=O) groups is 1. The summed E-state index contributed by atoms with van der Waals surface area (Å²) in [5, 5.41) is 0. The number of hydrogen-bond acceptors (Lipinski definition) is 5. The molecule has 0 atom stereocenters. The lowest BCUT2D eigenvalue weighted by Crippen LogP contribution is -2.29. The second-order valence-electron chi connectivity index (χ2n) is 6.90. The molecule has 0 radical (unpaired) electrons. The highest BCUT2D eigenvalue weighted by Gasteiger charge is 2.42. The number of ketones is 1. The zero-order chi connectivity index (χ0) is 19.8. The molecule has 3 rings (SSSR count). The van der Waals surface area contributed by atoms with E-state index < -0.39 is 15.4 Å². The van der Waals surface area contributed by atoms with Crippen LogP contribution < -0.4 is 4.74 Å². The molecule has 0 aliphatic carbocycles. The normalized spacial score (nSPS) is 16.4. The molecule has 0 unspecified atom stereocenters. The maximum atomic E-state index is 12.9. The SMILES string of the molecule is CCOc1ccc(C2=C(c3ccc(S(C)(=O)=O)cc3)OC(C)(C)C2=O)cc1. The van der Waals surface area contributed by atoms with E-state index in [1.165, 1.54) is 12.1 Å². The Morgan fingerprint density at radius 3 is 2.04 bits per heavy atom. The summed E-state index contributed by atoms with van der Waals surface area (Å²) in [4.78, 5) is 13.2. The van der Waals surface area contributed by atoms with Gasteiger partial charge in [-0.2, -0.15) is 0 Å². The van der Waals surface area contributed by atoms with Gasteiger partial charge >= 0.3 is 0 Å². The van der Waals surface area contributed by atoms with Crippen molar-refractivity contribution in [2.24, 2.45) is 0 Å². The van der Waals surface area contributed by atoms with Gasteiger partial charge in [0.1, 0.15) is 11.5 Å². The zero-order valence-corrected chi connectivity index (χ0v) is 16.6. The van der Waals surface area contributed by atoms with Crippen molar-refractivity contribution in [3.63, 3.8) is 0 Å². The van der Waals surface area contributed by atoms with Crippen LogP contribution in [0.25, 0.3) is 11.3 Å². The van der Waals surface area contributed by atoms with E-state index in [1.54, 1.807) is 26.0 Å². The van der Waals surface area contributed by atoms with Gasteiger partial charge in [0.25, 0.3) is 0 Å². The first-order valence-corrected chi connectivity index (χ1v) is 10.5. The van der Waals surface area contributed by atoms with Crippen molar-refractivity contribution in [2.45, 2.75) is 31.3 Å². The van der Waals surface area contributed by atoms with Crippen LogP contribution in [0, 0.1) is 0 Å². The van der Waals surface area contributed by atoms with Crippen LogP contribution >= 0.6 is 0 Å². The predicted octanol–water partition coefficient (Wildman–Crippen LogP) is 3.74. The molecule has 6 heteroatoms. The van der Waals surface area contributed by atoms with Crippen LogP contribution in [0.2, 0.25) is 0 Å². The summed E-state index contributed by atoms with van der Waals surface area (Å²) >= 11 is 0. The summed E-state index contributed by atoms with van der Waals surface area (Å²) in [6.07, 6.45) is 1.16. The maximum absolute atomic E-state index is 12.9. The quantitative estimate of drug-likeness (QED) is 0.783. The van der Waals surface area contributed by atoms with Crippen molar-refractivity contribution < 1.29 is 22.7 Å². The van der Waals surface area contributed by atoms with E-state index in [2.05, 4.69) is 0 Å². The number of sulfone groups is 1. The van der Waals surface area contributed by atoms with Crippen LogP contribution in [-0.4, -0.2) is 32.7 Å². The van der Waals surface area contributed by atoms with Gasteiger partial charge in [-0.3, -0.25) is 4.79 Å². The fourth-order valence-corrected chi connectivity index (χ4v) is 3.59. The summed E-state index contributed by atoms with van der Waals surface area (Å²) in [5.74, 6) is 1.06. The Morgan fingerprint density at radius 1 is 0.963 bits per heavy atom. The molecule has 0 aromatic heterocycles. The number of benzene rings is 2. The van der Waals surface area contributed by atoms with Crippen LogP contribution in [-0.2, 0) is 19.4 Å². The van der Waals surface area contributed by atoms with Crippen molar-refractivity contribution in [3.05, 3.63) is 59.7 Å². The smallest absolute Gasteiger partial charge is 0.210 e. The van der Waals surface area contributed by atoms with Gasteiger partial charge in [-0.25, -0.2) is 8.42 Å². The van der Waals surface area contributed by atoms with Crippen LogP contribution in [0.4, 0.5) is 0 Å². The van der Waals surface area contributed by atoms with Crippen molar-refractivity contribution >= 4 is 27.0 Å². The average Bonchev–Trinajstić information content (AvgIpc) is 2.85. The monoisotopic (exact) mass is 386 g/mol. The maximum Gasteiger partial charge on any atom is 0.210 e. The summed E-state index contributed by atoms with van der Waals surface area (Å²) < 4.78 is 34.8. The molecule has 0 spiro atoms. The van der Waals surface area contributed by atoms with E-state index in [-0.39, 0.29) is 10.7 Å². The topological polar surface area (TPSA) is 69.7 Å². The molecule has 1 heterocycles. The minimum absolute atomic E-state index is 0.117. The van der Waals surface area contributed by atoms with E-state index in [9.17, 15) is 13.2 Å². The van der Waals surface area contributed by atoms with Crippen LogP contribution in [0.1, 0.15) is 31.9 Å². The van der Waals surface area contributed by atoms with Crippen molar-refractivity contribution in [1.29, 1.82) is 0 Å². The highest BCUT2D eigenvalue weighted by atomic mass is 32.2. The average molecular weight is 386 g/mol. The molecule has 27 heavy (non-hydrogen) atoms. The molecule has 142 valence electrons. The molecule has 0 fully saturated rings. The highest BCUT2D eigenvalue weighted by molar-refractivity contribution is 7.90. The van der Waals surface area contributed by atoms with Gasteiger partial charge in [0.05, 0.1) is 17.1 Å². The minimum Gasteiger partial charge on any atom is -0.494 e. The molecular formula is C21H22O5S. The number of hydrogen-bond donors (Lipinski definition) is 0. The third-order valence-corrected chi connectivity index (χ3v) is 5.49. The summed E-state index contributed by atoms with van der Waals surface area (Å²) in [5.41, 5.74) is 0.884. The van der Waals surface area contributed by atoms with Gasteiger partial charge in [0.2, 0.25) is 5.78 Å². The van der Waals surface area contributed by atoms with Crippen LogP contribution in [0.3, 0.4) is 0 Å². The lowest BCUT2D eigenvalue weighted by molar-refractivity contribution is -0.125. The van der Waals surface area contributed by atoms with Gasteiger partial charge in [-0.15, -0.1) is 0 Å². The van der Waals surface area contributed by atoms with E-state index >= 15 is 0 Å². The fraction of sp³-hybridized carbons (Fsp3) is 0.286. The van der Waals surface area contributed by atoms with Crippen molar-refractivity contribution in [1.82, 2.24) is 0 Å². The Bertz CT molecular complexity index is 998. The van der Waals surface area contributed by atoms with Gasteiger partial charge in [0.15, 0.2) is 15.4 Å². The number of carbonyl (C=O) groups excluding carboxylic acids is 1. The van der Waals surface area contributed by atoms with E-state index in [0.29, 0.717) is 23.5 Å². The van der Waals surface area contributed by atoms with Gasteiger partial charge in [-0.1, -0.05) is 12.1 Å². The molecule has 2 aromatic rings. The molecule has 5 nitrogen and oxygen atoms in total. The molecule has 0 amide bonds. The Balaban J connectivity index is 2.09. The van der Waals surface area contributed by atoms with Gasteiger partial charge < -0.3 is 9.47 Å². The second kappa shape index (κ2) is 6.85. The lowest BCUT2D eigenvalue weighted by Gasteiger charge is -2.17. The van der Waals surface area contributed by atoms with E-state index in [4.69, 9.17) is 9.47 Å². The van der Waals surface area contributed by atoms with Crippen LogP contribution in [0.15, 0.2) is 53.4 Å². The first kappa shape index (κ1) is 19.2. The van der Waals surface area contributed by atoms with E-state index in [1.807, 2.05) is 31.2 Å². The van der Waals surface area contributed by atoms with Gasteiger partial charge in [-0.05, 0) is 62.7 Å². The molecular weight excluding hydrogens is 364 g/mol. The Morgan fingerprint density at radius 2 is 1.52 bits per heavy atom. The van der Waals surface area contributed by atoms with Crippen LogP contribution in [0.5, 0.6) is 5.75 Å². The molecule has 1 aliphatic rings. The van der Waals surface area contributed by atoms with Crippen molar-refractivity contribution in [2.75, 3.05) is 12.9 Å². The first-order valence-electron chi connectivity index (χ1n) is 8.65. The Kier molecular flexibility index (Phi) is 4.86. The van der Waals surface area contributed by atoms with Gasteiger partial charge in [0, 0.05) is 11.8 Å². The Hall–Kier alpha value is -2.60. The molecule has 0 N–H and O–H groups in total. The predicted molar refractivity (Wildman–Crippen MR) is 104 cm³/mol. The second-order valence-corrected chi connectivity index (χ2v) is 8.92. The first-order chi connectivity index (χ1) is 12.6. The third-order valence-electron chi connectivity index (χ3n) is 4.36. The Labute approximate surface area is 159 Å². The minimum atomic E-state index is -3.29. The summed E-state index contributed by atoms with van der Waals surface area (Å²) in [7, 11) is -3.29. The number of rotatable bonds is 5. The van der Waals surface area contributed by atoms with E-state index in [0.717, 1.165) is 17.6 Å². The molecule has 0 bridgehead atoms. The summed E-state index contributed by atoms with van der Waals surface area (Å²) in [6.45, 7) is 5.92. The lowest BCUT2D eigenvalue weighted by atomic mass is 9.92. The summed E-state index contributed by atoms with van der Waals surface area (Å²) in [6, 6.07) is 13.6. The standard InChI is InChI=1S/C21H22O5S/c1-5-25-16-10-6-14(7-11-16)18-19(26-21(2,3)20(18)22)15-8-12-17(13-9-15)27(4,23)24/h6-13H,5H2,1-4H3. The molecule has 2 aromatic carbocycles. The number of Topliss-reactive ketones (excluding diaryl/α,β-unsaturated/α-hetero) is 1. The largest absolute Gasteiger partial charge is 0.494 e. The third kappa shape index (κ3) is 3.76.